The molecule has 104 valence electrons. The van der Waals surface area contributed by atoms with Crippen LogP contribution in [0.2, 0.25) is 5.02 Å². The number of phenols is 1. The van der Waals surface area contributed by atoms with Crippen molar-refractivity contribution >= 4 is 17.5 Å². The second-order valence-corrected chi connectivity index (χ2v) is 5.66. The Bertz CT molecular complexity index is 453. The van der Waals surface area contributed by atoms with Gasteiger partial charge in [0.25, 0.3) is 5.91 Å². The van der Waals surface area contributed by atoms with Gasteiger partial charge >= 0.3 is 0 Å². The van der Waals surface area contributed by atoms with Gasteiger partial charge in [-0.1, -0.05) is 37.3 Å². The minimum Gasteiger partial charge on any atom is -0.507 e. The summed E-state index contributed by atoms with van der Waals surface area (Å²) in [5.41, 5.74) is 0.291. The van der Waals surface area contributed by atoms with Crippen LogP contribution in [-0.2, 0) is 0 Å². The van der Waals surface area contributed by atoms with E-state index >= 15 is 0 Å². The minimum absolute atomic E-state index is 0.00475. The van der Waals surface area contributed by atoms with Gasteiger partial charge < -0.3 is 10.0 Å². The van der Waals surface area contributed by atoms with Crippen molar-refractivity contribution in [3.63, 3.8) is 0 Å². The highest BCUT2D eigenvalue weighted by molar-refractivity contribution is 6.31. The zero-order chi connectivity index (χ0) is 13.8. The summed E-state index contributed by atoms with van der Waals surface area (Å²) in [5, 5.41) is 10.3. The van der Waals surface area contributed by atoms with E-state index in [9.17, 15) is 9.90 Å². The van der Waals surface area contributed by atoms with Gasteiger partial charge in [-0.3, -0.25) is 4.79 Å². The first-order chi connectivity index (χ1) is 9.09. The number of benzene rings is 1. The van der Waals surface area contributed by atoms with Crippen LogP contribution in [0.1, 0.15) is 48.9 Å². The first-order valence-corrected chi connectivity index (χ1v) is 7.23. The minimum atomic E-state index is -0.146. The predicted molar refractivity (Wildman–Crippen MR) is 76.7 cm³/mol. The molecular weight excluding hydrogens is 262 g/mol. The van der Waals surface area contributed by atoms with Gasteiger partial charge in [0, 0.05) is 18.1 Å². The molecule has 1 aliphatic rings. The van der Waals surface area contributed by atoms with E-state index in [1.54, 1.807) is 11.0 Å². The maximum Gasteiger partial charge on any atom is 0.257 e. The first-order valence-electron chi connectivity index (χ1n) is 6.85. The molecule has 0 aliphatic heterocycles. The summed E-state index contributed by atoms with van der Waals surface area (Å²) in [5.74, 6) is -0.151. The smallest absolute Gasteiger partial charge is 0.257 e. The summed E-state index contributed by atoms with van der Waals surface area (Å²) in [6, 6.07) is 4.86. The second kappa shape index (κ2) is 6.29. The lowest BCUT2D eigenvalue weighted by Crippen LogP contribution is -2.36. The number of phenolic OH excluding ortho intramolecular Hbond substituents is 1. The van der Waals surface area contributed by atoms with Crippen molar-refractivity contribution in [1.29, 1.82) is 0 Å². The second-order valence-electron chi connectivity index (χ2n) is 5.22. The molecule has 0 radical (unpaired) electrons. The molecule has 1 N–H and O–H groups in total. The molecule has 0 heterocycles. The molecule has 0 bridgehead atoms. The fourth-order valence-corrected chi connectivity index (χ4v) is 2.85. The maximum atomic E-state index is 12.4. The number of hydrogen-bond donors (Lipinski definition) is 1. The normalized spacial score (nSPS) is 16.9. The summed E-state index contributed by atoms with van der Waals surface area (Å²) in [6.45, 7) is 0. The van der Waals surface area contributed by atoms with Crippen molar-refractivity contribution < 1.29 is 9.90 Å². The molecule has 0 atom stereocenters. The highest BCUT2D eigenvalue weighted by Crippen LogP contribution is 2.26. The Morgan fingerprint density at radius 3 is 2.53 bits per heavy atom. The number of amides is 1. The number of halogens is 1. The van der Waals surface area contributed by atoms with Crippen LogP contribution in [0.4, 0.5) is 0 Å². The molecule has 1 fully saturated rings. The molecule has 19 heavy (non-hydrogen) atoms. The van der Waals surface area contributed by atoms with E-state index in [-0.39, 0.29) is 17.7 Å². The first kappa shape index (κ1) is 14.2. The van der Waals surface area contributed by atoms with Crippen molar-refractivity contribution in [3.05, 3.63) is 28.8 Å². The van der Waals surface area contributed by atoms with Gasteiger partial charge in [0.05, 0.1) is 5.56 Å². The van der Waals surface area contributed by atoms with Gasteiger partial charge in [0.2, 0.25) is 0 Å². The molecule has 2 rings (SSSR count). The zero-order valence-electron chi connectivity index (χ0n) is 11.2. The molecular formula is C15H20ClNO2. The Labute approximate surface area is 119 Å². The fraction of sp³-hybridized carbons (Fsp3) is 0.533. The number of nitrogens with zero attached hydrogens (tertiary/aromatic N) is 1. The van der Waals surface area contributed by atoms with Crippen LogP contribution in [0.3, 0.4) is 0 Å². The number of carbonyl (C=O) groups excluding carboxylic acids is 1. The van der Waals surface area contributed by atoms with Gasteiger partial charge in [-0.25, -0.2) is 0 Å². The zero-order valence-corrected chi connectivity index (χ0v) is 12.0. The SMILES string of the molecule is CN(C(=O)c1cc(Cl)ccc1O)C1CCCCCC1. The van der Waals surface area contributed by atoms with Crippen molar-refractivity contribution in [3.8, 4) is 5.75 Å². The summed E-state index contributed by atoms with van der Waals surface area (Å²) in [7, 11) is 1.82. The van der Waals surface area contributed by atoms with E-state index in [2.05, 4.69) is 0 Å². The van der Waals surface area contributed by atoms with E-state index in [4.69, 9.17) is 11.6 Å². The molecule has 0 aromatic heterocycles. The average Bonchev–Trinajstić information content (AvgIpc) is 2.69. The molecule has 1 aliphatic carbocycles. The highest BCUT2D eigenvalue weighted by Gasteiger charge is 2.24. The summed E-state index contributed by atoms with van der Waals surface area (Å²) >= 11 is 5.90. The predicted octanol–water partition coefficient (Wildman–Crippen LogP) is 3.84. The lowest BCUT2D eigenvalue weighted by Gasteiger charge is -2.27. The Morgan fingerprint density at radius 1 is 1.26 bits per heavy atom. The summed E-state index contributed by atoms with van der Waals surface area (Å²) in [6.07, 6.45) is 6.93. The Kier molecular flexibility index (Phi) is 4.70. The fourth-order valence-electron chi connectivity index (χ4n) is 2.68. The number of carbonyl (C=O) groups is 1. The van der Waals surface area contributed by atoms with Crippen LogP contribution >= 0.6 is 11.6 Å². The monoisotopic (exact) mass is 281 g/mol. The highest BCUT2D eigenvalue weighted by atomic mass is 35.5. The summed E-state index contributed by atoms with van der Waals surface area (Å²) < 4.78 is 0. The van der Waals surface area contributed by atoms with Crippen LogP contribution < -0.4 is 0 Å². The van der Waals surface area contributed by atoms with Crippen molar-refractivity contribution in [1.82, 2.24) is 4.90 Å². The molecule has 1 aromatic rings. The Morgan fingerprint density at radius 2 is 1.89 bits per heavy atom. The Balaban J connectivity index is 2.15. The van der Waals surface area contributed by atoms with Crippen molar-refractivity contribution in [2.45, 2.75) is 44.6 Å². The summed E-state index contributed by atoms with van der Waals surface area (Å²) in [4.78, 5) is 14.2. The van der Waals surface area contributed by atoms with E-state index in [1.807, 2.05) is 7.05 Å². The molecule has 0 unspecified atom stereocenters. The largest absolute Gasteiger partial charge is 0.507 e. The van der Waals surface area contributed by atoms with Crippen molar-refractivity contribution in [2.24, 2.45) is 0 Å². The lowest BCUT2D eigenvalue weighted by atomic mass is 10.1. The lowest BCUT2D eigenvalue weighted by molar-refractivity contribution is 0.0714. The standard InChI is InChI=1S/C15H20ClNO2/c1-17(12-6-4-2-3-5-7-12)15(19)13-10-11(16)8-9-14(13)18/h8-10,12,18H,2-7H2,1H3. The quantitative estimate of drug-likeness (QED) is 0.837. The molecule has 1 amide bonds. The van der Waals surface area contributed by atoms with E-state index in [1.165, 1.54) is 37.8 Å². The molecule has 0 spiro atoms. The van der Waals surface area contributed by atoms with Gasteiger partial charge in [0.1, 0.15) is 5.75 Å². The number of hydrogen-bond acceptors (Lipinski definition) is 2. The van der Waals surface area contributed by atoms with Gasteiger partial charge in [-0.05, 0) is 31.0 Å². The molecule has 4 heteroatoms. The van der Waals surface area contributed by atoms with Gasteiger partial charge in [-0.2, -0.15) is 0 Å². The van der Waals surface area contributed by atoms with E-state index in [0.29, 0.717) is 10.6 Å². The molecule has 1 aromatic carbocycles. The molecule has 1 saturated carbocycles. The number of rotatable bonds is 2. The van der Waals surface area contributed by atoms with Crippen LogP contribution in [0.25, 0.3) is 0 Å². The Hall–Kier alpha value is -1.22. The van der Waals surface area contributed by atoms with E-state index in [0.717, 1.165) is 12.8 Å². The maximum absolute atomic E-state index is 12.4. The molecule has 0 saturated heterocycles. The van der Waals surface area contributed by atoms with Gasteiger partial charge in [0.15, 0.2) is 0 Å². The third-order valence-corrected chi connectivity index (χ3v) is 4.12. The average molecular weight is 282 g/mol. The topological polar surface area (TPSA) is 40.5 Å². The third kappa shape index (κ3) is 3.41. The van der Waals surface area contributed by atoms with E-state index < -0.39 is 0 Å². The van der Waals surface area contributed by atoms with Crippen LogP contribution in [0.15, 0.2) is 18.2 Å². The van der Waals surface area contributed by atoms with Crippen LogP contribution in [0.5, 0.6) is 5.75 Å². The van der Waals surface area contributed by atoms with Crippen molar-refractivity contribution in [2.75, 3.05) is 7.05 Å². The number of aromatic hydroxyl groups is 1. The molecule has 3 nitrogen and oxygen atoms in total. The van der Waals surface area contributed by atoms with Crippen LogP contribution in [0, 0.1) is 0 Å². The van der Waals surface area contributed by atoms with Gasteiger partial charge in [-0.15, -0.1) is 0 Å². The van der Waals surface area contributed by atoms with Crippen LogP contribution in [-0.4, -0.2) is 29.0 Å². The third-order valence-electron chi connectivity index (χ3n) is 3.88.